The average Bonchev–Trinajstić information content (AvgIpc) is 2.70. The molecule has 0 aliphatic rings. The molecule has 1 aromatic heterocycles. The Kier molecular flexibility index (Phi) is 3.64. The highest BCUT2D eigenvalue weighted by Crippen LogP contribution is 2.23. The summed E-state index contributed by atoms with van der Waals surface area (Å²) in [7, 11) is 0. The molecule has 0 aliphatic carbocycles. The first-order valence-electron chi connectivity index (χ1n) is 5.31. The van der Waals surface area contributed by atoms with Crippen LogP contribution in [0, 0.1) is 12.7 Å². The van der Waals surface area contributed by atoms with Crippen LogP contribution in [-0.2, 0) is 6.42 Å². The Labute approximate surface area is 108 Å². The summed E-state index contributed by atoms with van der Waals surface area (Å²) in [5.74, 6) is 0.516. The van der Waals surface area contributed by atoms with E-state index in [1.807, 2.05) is 13.0 Å². The maximum atomic E-state index is 13.1. The molecule has 0 saturated heterocycles. The van der Waals surface area contributed by atoms with Gasteiger partial charge in [-0.3, -0.25) is 0 Å². The third kappa shape index (κ3) is 2.76. The molecule has 2 N–H and O–H groups in total. The highest BCUT2D eigenvalue weighted by atomic mass is 79.9. The summed E-state index contributed by atoms with van der Waals surface area (Å²) in [4.78, 5) is 0. The number of benzene rings is 1. The van der Waals surface area contributed by atoms with Crippen LogP contribution in [0.4, 0.5) is 4.39 Å². The van der Waals surface area contributed by atoms with Crippen LogP contribution >= 0.6 is 15.9 Å². The molecule has 2 rings (SSSR count). The maximum Gasteiger partial charge on any atom is 0.137 e. The smallest absolute Gasteiger partial charge is 0.137 e. The lowest BCUT2D eigenvalue weighted by atomic mass is 10.0. The third-order valence-electron chi connectivity index (χ3n) is 2.68. The number of hydrogen-bond donors (Lipinski definition) is 1. The van der Waals surface area contributed by atoms with E-state index in [-0.39, 0.29) is 11.9 Å². The number of furan rings is 1. The van der Waals surface area contributed by atoms with Gasteiger partial charge in [-0.2, -0.15) is 0 Å². The molecule has 0 aliphatic heterocycles. The second-order valence-electron chi connectivity index (χ2n) is 4.03. The standard InChI is InChI=1S/C13H13BrFNO/c1-8-4-5-17-13(8)12(16)7-9-2-3-11(15)10(14)6-9/h2-6,12H,7,16H2,1H3. The lowest BCUT2D eigenvalue weighted by Gasteiger charge is -2.10. The minimum absolute atomic E-state index is 0.206. The average molecular weight is 298 g/mol. The Morgan fingerprint density at radius 3 is 2.76 bits per heavy atom. The minimum atomic E-state index is -0.267. The summed E-state index contributed by atoms with van der Waals surface area (Å²) < 4.78 is 18.9. The molecule has 4 heteroatoms. The van der Waals surface area contributed by atoms with Crippen molar-refractivity contribution in [1.82, 2.24) is 0 Å². The first-order valence-corrected chi connectivity index (χ1v) is 6.10. The largest absolute Gasteiger partial charge is 0.467 e. The van der Waals surface area contributed by atoms with Gasteiger partial charge >= 0.3 is 0 Å². The van der Waals surface area contributed by atoms with Crippen molar-refractivity contribution in [3.63, 3.8) is 0 Å². The van der Waals surface area contributed by atoms with Gasteiger partial charge in [-0.15, -0.1) is 0 Å². The fraction of sp³-hybridized carbons (Fsp3) is 0.231. The highest BCUT2D eigenvalue weighted by molar-refractivity contribution is 9.10. The Balaban J connectivity index is 2.16. The second kappa shape index (κ2) is 5.02. The SMILES string of the molecule is Cc1ccoc1C(N)Cc1ccc(F)c(Br)c1. The Morgan fingerprint density at radius 2 is 2.18 bits per heavy atom. The van der Waals surface area contributed by atoms with Crippen LogP contribution in [0.15, 0.2) is 39.4 Å². The van der Waals surface area contributed by atoms with Crippen molar-refractivity contribution in [2.75, 3.05) is 0 Å². The number of rotatable bonds is 3. The van der Waals surface area contributed by atoms with Crippen LogP contribution in [0.2, 0.25) is 0 Å². The van der Waals surface area contributed by atoms with E-state index in [2.05, 4.69) is 15.9 Å². The van der Waals surface area contributed by atoms with Crippen molar-refractivity contribution in [2.24, 2.45) is 5.73 Å². The Hall–Kier alpha value is -1.13. The fourth-order valence-electron chi connectivity index (χ4n) is 1.78. The first kappa shape index (κ1) is 12.3. The molecule has 0 spiro atoms. The van der Waals surface area contributed by atoms with E-state index in [0.717, 1.165) is 16.9 Å². The monoisotopic (exact) mass is 297 g/mol. The van der Waals surface area contributed by atoms with E-state index in [1.165, 1.54) is 6.07 Å². The van der Waals surface area contributed by atoms with Crippen LogP contribution in [0.5, 0.6) is 0 Å². The lowest BCUT2D eigenvalue weighted by Crippen LogP contribution is -2.13. The summed E-state index contributed by atoms with van der Waals surface area (Å²) in [5.41, 5.74) is 8.07. The summed E-state index contributed by atoms with van der Waals surface area (Å²) in [5, 5.41) is 0. The third-order valence-corrected chi connectivity index (χ3v) is 3.29. The van der Waals surface area contributed by atoms with E-state index in [9.17, 15) is 4.39 Å². The van der Waals surface area contributed by atoms with Crippen LogP contribution < -0.4 is 5.73 Å². The number of nitrogens with two attached hydrogens (primary N) is 1. The zero-order valence-corrected chi connectivity index (χ0v) is 11.0. The molecule has 1 heterocycles. The van der Waals surface area contributed by atoms with E-state index in [4.69, 9.17) is 10.2 Å². The Bertz CT molecular complexity index is 524. The van der Waals surface area contributed by atoms with Gasteiger partial charge in [-0.1, -0.05) is 6.07 Å². The number of halogens is 2. The minimum Gasteiger partial charge on any atom is -0.467 e. The van der Waals surface area contributed by atoms with E-state index >= 15 is 0 Å². The molecule has 2 aromatic rings. The van der Waals surface area contributed by atoms with Gasteiger partial charge in [0.15, 0.2) is 0 Å². The van der Waals surface area contributed by atoms with Gasteiger partial charge in [-0.05, 0) is 58.6 Å². The van der Waals surface area contributed by atoms with Gasteiger partial charge in [0.05, 0.1) is 16.8 Å². The predicted molar refractivity (Wildman–Crippen MR) is 68.2 cm³/mol. The van der Waals surface area contributed by atoms with Gasteiger partial charge < -0.3 is 10.2 Å². The van der Waals surface area contributed by atoms with Crippen molar-refractivity contribution in [2.45, 2.75) is 19.4 Å². The zero-order chi connectivity index (χ0) is 12.4. The van der Waals surface area contributed by atoms with Crippen molar-refractivity contribution in [3.05, 3.63) is 57.7 Å². The number of hydrogen-bond acceptors (Lipinski definition) is 2. The van der Waals surface area contributed by atoms with Crippen molar-refractivity contribution < 1.29 is 8.81 Å². The highest BCUT2D eigenvalue weighted by Gasteiger charge is 2.13. The van der Waals surface area contributed by atoms with Crippen LogP contribution in [0.25, 0.3) is 0 Å². The van der Waals surface area contributed by atoms with Crippen LogP contribution in [0.1, 0.15) is 22.9 Å². The first-order chi connectivity index (χ1) is 8.08. The molecule has 1 unspecified atom stereocenters. The molecule has 0 amide bonds. The van der Waals surface area contributed by atoms with Gasteiger partial charge in [0.2, 0.25) is 0 Å². The maximum absolute atomic E-state index is 13.1. The van der Waals surface area contributed by atoms with Gasteiger partial charge in [-0.25, -0.2) is 4.39 Å². The summed E-state index contributed by atoms with van der Waals surface area (Å²) in [6, 6.07) is 6.59. The second-order valence-corrected chi connectivity index (χ2v) is 4.88. The molecule has 0 fully saturated rings. The van der Waals surface area contributed by atoms with E-state index < -0.39 is 0 Å². The summed E-state index contributed by atoms with van der Waals surface area (Å²) >= 11 is 3.16. The molecule has 90 valence electrons. The molecule has 0 radical (unpaired) electrons. The molecule has 0 saturated carbocycles. The van der Waals surface area contributed by atoms with E-state index in [0.29, 0.717) is 10.9 Å². The van der Waals surface area contributed by atoms with Crippen molar-refractivity contribution in [1.29, 1.82) is 0 Å². The topological polar surface area (TPSA) is 39.2 Å². The van der Waals surface area contributed by atoms with Crippen LogP contribution in [0.3, 0.4) is 0 Å². The van der Waals surface area contributed by atoms with Crippen molar-refractivity contribution >= 4 is 15.9 Å². The van der Waals surface area contributed by atoms with Gasteiger partial charge in [0.1, 0.15) is 11.6 Å². The molecule has 2 nitrogen and oxygen atoms in total. The zero-order valence-electron chi connectivity index (χ0n) is 9.41. The van der Waals surface area contributed by atoms with E-state index in [1.54, 1.807) is 18.4 Å². The molecule has 0 bridgehead atoms. The fourth-order valence-corrected chi connectivity index (χ4v) is 2.20. The quantitative estimate of drug-likeness (QED) is 0.937. The van der Waals surface area contributed by atoms with Crippen molar-refractivity contribution in [3.8, 4) is 0 Å². The van der Waals surface area contributed by atoms with Gasteiger partial charge in [0, 0.05) is 0 Å². The molecule has 1 atom stereocenters. The number of aryl methyl sites for hydroxylation is 1. The normalized spacial score (nSPS) is 12.7. The van der Waals surface area contributed by atoms with Gasteiger partial charge in [0.25, 0.3) is 0 Å². The summed E-state index contributed by atoms with van der Waals surface area (Å²) in [6.45, 7) is 1.96. The summed E-state index contributed by atoms with van der Waals surface area (Å²) in [6.07, 6.45) is 2.25. The molecule has 17 heavy (non-hydrogen) atoms. The molecular formula is C13H13BrFNO. The molecule has 1 aromatic carbocycles. The predicted octanol–water partition coefficient (Wildman–Crippen LogP) is 3.73. The lowest BCUT2D eigenvalue weighted by molar-refractivity contribution is 0.461. The Morgan fingerprint density at radius 1 is 1.41 bits per heavy atom. The van der Waals surface area contributed by atoms with Crippen LogP contribution in [-0.4, -0.2) is 0 Å². The molecular weight excluding hydrogens is 285 g/mol.